The van der Waals surface area contributed by atoms with Crippen molar-refractivity contribution >= 4 is 11.3 Å². The van der Waals surface area contributed by atoms with Crippen LogP contribution in [0, 0.1) is 0 Å². The minimum absolute atomic E-state index is 0.689. The first-order valence-electron chi connectivity index (χ1n) is 5.32. The van der Waals surface area contributed by atoms with Crippen LogP contribution in [0.4, 0.5) is 0 Å². The van der Waals surface area contributed by atoms with Gasteiger partial charge in [0, 0.05) is 24.6 Å². The topological polar surface area (TPSA) is 30.5 Å². The predicted octanol–water partition coefficient (Wildman–Crippen LogP) is 1.89. The van der Waals surface area contributed by atoms with Gasteiger partial charge in [-0.05, 0) is 18.4 Å². The van der Waals surface area contributed by atoms with Gasteiger partial charge in [0.1, 0.15) is 0 Å². The van der Waals surface area contributed by atoms with Crippen LogP contribution in [-0.2, 0) is 16.0 Å². The molecule has 0 aromatic carbocycles. The number of hydrogen-bond donors (Lipinski definition) is 1. The molecule has 0 unspecified atom stereocenters. The third-order valence-electron chi connectivity index (χ3n) is 1.88. The van der Waals surface area contributed by atoms with E-state index in [0.717, 1.165) is 26.3 Å². The standard InChI is InChI=1S/C11H19NO2S/c1-2-13-7-8-14-6-5-12-10-11-4-3-9-15-11/h3-4,9,12H,2,5-8,10H2,1H3. The van der Waals surface area contributed by atoms with E-state index in [9.17, 15) is 0 Å². The van der Waals surface area contributed by atoms with Crippen LogP contribution in [0.5, 0.6) is 0 Å². The van der Waals surface area contributed by atoms with E-state index in [2.05, 4.69) is 22.8 Å². The normalized spacial score (nSPS) is 10.7. The molecular formula is C11H19NO2S. The summed E-state index contributed by atoms with van der Waals surface area (Å²) < 4.78 is 10.5. The van der Waals surface area contributed by atoms with Crippen molar-refractivity contribution in [3.63, 3.8) is 0 Å². The van der Waals surface area contributed by atoms with Crippen molar-refractivity contribution in [2.24, 2.45) is 0 Å². The Bertz CT molecular complexity index is 227. The molecule has 1 aromatic heterocycles. The van der Waals surface area contributed by atoms with Gasteiger partial charge in [-0.15, -0.1) is 11.3 Å². The van der Waals surface area contributed by atoms with Crippen LogP contribution in [0.3, 0.4) is 0 Å². The van der Waals surface area contributed by atoms with Crippen LogP contribution < -0.4 is 5.32 Å². The summed E-state index contributed by atoms with van der Waals surface area (Å²) in [7, 11) is 0. The largest absolute Gasteiger partial charge is 0.379 e. The Kier molecular flexibility index (Phi) is 7.47. The zero-order valence-electron chi connectivity index (χ0n) is 9.20. The monoisotopic (exact) mass is 229 g/mol. The van der Waals surface area contributed by atoms with Crippen molar-refractivity contribution < 1.29 is 9.47 Å². The van der Waals surface area contributed by atoms with Crippen molar-refractivity contribution in [1.82, 2.24) is 5.32 Å². The molecule has 4 heteroatoms. The highest BCUT2D eigenvalue weighted by molar-refractivity contribution is 7.09. The molecule has 15 heavy (non-hydrogen) atoms. The fourth-order valence-corrected chi connectivity index (χ4v) is 1.81. The van der Waals surface area contributed by atoms with Gasteiger partial charge in [-0.25, -0.2) is 0 Å². The van der Waals surface area contributed by atoms with E-state index in [4.69, 9.17) is 9.47 Å². The van der Waals surface area contributed by atoms with Gasteiger partial charge in [-0.3, -0.25) is 0 Å². The summed E-state index contributed by atoms with van der Waals surface area (Å²) in [5.74, 6) is 0. The number of thiophene rings is 1. The highest BCUT2D eigenvalue weighted by Crippen LogP contribution is 2.06. The average Bonchev–Trinajstić information content (AvgIpc) is 2.75. The van der Waals surface area contributed by atoms with E-state index in [1.165, 1.54) is 4.88 Å². The van der Waals surface area contributed by atoms with Crippen LogP contribution in [0.15, 0.2) is 17.5 Å². The Morgan fingerprint density at radius 1 is 1.27 bits per heavy atom. The van der Waals surface area contributed by atoms with Crippen LogP contribution in [0.1, 0.15) is 11.8 Å². The van der Waals surface area contributed by atoms with E-state index in [1.54, 1.807) is 11.3 Å². The summed E-state index contributed by atoms with van der Waals surface area (Å²) in [6, 6.07) is 4.20. The second-order valence-corrected chi connectivity index (χ2v) is 4.10. The van der Waals surface area contributed by atoms with Gasteiger partial charge >= 0.3 is 0 Å². The Balaban J connectivity index is 1.81. The Morgan fingerprint density at radius 3 is 2.87 bits per heavy atom. The zero-order valence-corrected chi connectivity index (χ0v) is 10.0. The van der Waals surface area contributed by atoms with Crippen LogP contribution in [-0.4, -0.2) is 33.0 Å². The minimum atomic E-state index is 0.689. The molecule has 1 N–H and O–H groups in total. The van der Waals surface area contributed by atoms with Gasteiger partial charge in [0.15, 0.2) is 0 Å². The molecule has 0 amide bonds. The molecule has 1 rings (SSSR count). The predicted molar refractivity (Wildman–Crippen MR) is 63.3 cm³/mol. The molecule has 3 nitrogen and oxygen atoms in total. The van der Waals surface area contributed by atoms with E-state index in [-0.39, 0.29) is 0 Å². The fraction of sp³-hybridized carbons (Fsp3) is 0.636. The van der Waals surface area contributed by atoms with E-state index < -0.39 is 0 Å². The lowest BCUT2D eigenvalue weighted by Gasteiger charge is -2.05. The van der Waals surface area contributed by atoms with Crippen LogP contribution in [0.2, 0.25) is 0 Å². The Hall–Kier alpha value is -0.420. The lowest BCUT2D eigenvalue weighted by Crippen LogP contribution is -2.19. The minimum Gasteiger partial charge on any atom is -0.379 e. The number of hydrogen-bond acceptors (Lipinski definition) is 4. The summed E-state index contributed by atoms with van der Waals surface area (Å²) in [5, 5.41) is 5.42. The average molecular weight is 229 g/mol. The molecule has 0 radical (unpaired) electrons. The molecule has 0 spiro atoms. The molecule has 0 atom stereocenters. The first-order chi connectivity index (χ1) is 7.43. The smallest absolute Gasteiger partial charge is 0.0701 e. The van der Waals surface area contributed by atoms with Crippen molar-refractivity contribution in [1.29, 1.82) is 0 Å². The van der Waals surface area contributed by atoms with Crippen molar-refractivity contribution in [2.45, 2.75) is 13.5 Å². The summed E-state index contributed by atoms with van der Waals surface area (Å²) in [5.41, 5.74) is 0. The first kappa shape index (κ1) is 12.6. The quantitative estimate of drug-likeness (QED) is 0.656. The second-order valence-electron chi connectivity index (χ2n) is 3.07. The molecule has 86 valence electrons. The number of ether oxygens (including phenoxy) is 2. The summed E-state index contributed by atoms with van der Waals surface area (Å²) in [6.45, 7) is 6.72. The molecule has 1 heterocycles. The molecule has 0 fully saturated rings. The number of nitrogens with one attached hydrogen (secondary N) is 1. The van der Waals surface area contributed by atoms with Gasteiger partial charge in [0.05, 0.1) is 19.8 Å². The maximum atomic E-state index is 5.37. The van der Waals surface area contributed by atoms with Crippen molar-refractivity contribution in [2.75, 3.05) is 33.0 Å². The van der Waals surface area contributed by atoms with E-state index >= 15 is 0 Å². The molecule has 0 bridgehead atoms. The van der Waals surface area contributed by atoms with Crippen molar-refractivity contribution in [3.05, 3.63) is 22.4 Å². The Labute approximate surface area is 95.4 Å². The van der Waals surface area contributed by atoms with E-state index in [1.807, 2.05) is 6.92 Å². The zero-order chi connectivity index (χ0) is 10.8. The third-order valence-corrected chi connectivity index (χ3v) is 2.76. The van der Waals surface area contributed by atoms with Crippen LogP contribution in [0.25, 0.3) is 0 Å². The third kappa shape index (κ3) is 6.62. The van der Waals surface area contributed by atoms with Gasteiger partial charge in [-0.2, -0.15) is 0 Å². The second kappa shape index (κ2) is 8.85. The summed E-state index contributed by atoms with van der Waals surface area (Å²) in [6.07, 6.45) is 0. The van der Waals surface area contributed by atoms with E-state index in [0.29, 0.717) is 13.2 Å². The lowest BCUT2D eigenvalue weighted by atomic mass is 10.4. The molecule has 0 saturated heterocycles. The molecule has 0 aliphatic rings. The number of rotatable bonds is 9. The summed E-state index contributed by atoms with van der Waals surface area (Å²) >= 11 is 1.77. The highest BCUT2D eigenvalue weighted by atomic mass is 32.1. The van der Waals surface area contributed by atoms with Crippen molar-refractivity contribution in [3.8, 4) is 0 Å². The molecule has 1 aromatic rings. The van der Waals surface area contributed by atoms with Gasteiger partial charge in [0.2, 0.25) is 0 Å². The van der Waals surface area contributed by atoms with Crippen LogP contribution >= 0.6 is 11.3 Å². The Morgan fingerprint density at radius 2 is 2.13 bits per heavy atom. The lowest BCUT2D eigenvalue weighted by molar-refractivity contribution is 0.0539. The SMILES string of the molecule is CCOCCOCCNCc1cccs1. The summed E-state index contributed by atoms with van der Waals surface area (Å²) in [4.78, 5) is 1.37. The molecular weight excluding hydrogens is 210 g/mol. The highest BCUT2D eigenvalue weighted by Gasteiger charge is 1.92. The molecule has 0 aliphatic carbocycles. The van der Waals surface area contributed by atoms with Gasteiger partial charge in [-0.1, -0.05) is 6.07 Å². The fourth-order valence-electron chi connectivity index (χ4n) is 1.13. The maximum Gasteiger partial charge on any atom is 0.0701 e. The maximum absolute atomic E-state index is 5.37. The van der Waals surface area contributed by atoms with Gasteiger partial charge in [0.25, 0.3) is 0 Å². The van der Waals surface area contributed by atoms with Gasteiger partial charge < -0.3 is 14.8 Å². The molecule has 0 aliphatic heterocycles. The molecule has 0 saturated carbocycles. The first-order valence-corrected chi connectivity index (χ1v) is 6.20.